The molecular formula is C38H25BN2. The van der Waals surface area contributed by atoms with E-state index in [9.17, 15) is 0 Å². The molecule has 3 aliphatic rings. The molecule has 2 nitrogen and oxygen atoms in total. The predicted molar refractivity (Wildman–Crippen MR) is 174 cm³/mol. The Balaban J connectivity index is 1.47. The van der Waals surface area contributed by atoms with Crippen LogP contribution in [-0.4, -0.2) is 15.9 Å². The van der Waals surface area contributed by atoms with Gasteiger partial charge in [0, 0.05) is 43.8 Å². The normalized spacial score (nSPS) is 14.9. The van der Waals surface area contributed by atoms with E-state index in [1.165, 1.54) is 108 Å². The van der Waals surface area contributed by atoms with Gasteiger partial charge >= 0.3 is 6.85 Å². The Labute approximate surface area is 237 Å². The van der Waals surface area contributed by atoms with Gasteiger partial charge in [-0.2, -0.15) is 0 Å². The smallest absolute Gasteiger partial charge is 0.333 e. The second kappa shape index (κ2) is 7.11. The molecule has 0 spiro atoms. The summed E-state index contributed by atoms with van der Waals surface area (Å²) in [6.45, 7) is 0.133. The van der Waals surface area contributed by atoms with Crippen molar-refractivity contribution in [3.05, 3.63) is 114 Å². The lowest BCUT2D eigenvalue weighted by Crippen LogP contribution is -2.55. The molecule has 41 heavy (non-hydrogen) atoms. The molecule has 6 aromatic carbocycles. The number of rotatable bonds is 0. The van der Waals surface area contributed by atoms with Gasteiger partial charge in [-0.25, -0.2) is 0 Å². The number of hydrogen-bond acceptors (Lipinski definition) is 0. The molecule has 0 unspecified atom stereocenters. The van der Waals surface area contributed by atoms with Crippen molar-refractivity contribution in [2.45, 2.75) is 25.7 Å². The molecule has 11 rings (SSSR count). The van der Waals surface area contributed by atoms with Crippen molar-refractivity contribution in [2.75, 3.05) is 0 Å². The second-order valence-electron chi connectivity index (χ2n) is 12.3. The third kappa shape index (κ3) is 2.33. The summed E-state index contributed by atoms with van der Waals surface area (Å²) >= 11 is 0. The number of para-hydroxylation sites is 3. The molecule has 0 saturated heterocycles. The van der Waals surface area contributed by atoms with Gasteiger partial charge in [-0.05, 0) is 82.3 Å². The molecule has 190 valence electrons. The third-order valence-electron chi connectivity index (χ3n) is 10.4. The molecule has 4 heterocycles. The third-order valence-corrected chi connectivity index (χ3v) is 10.4. The number of aromatic nitrogens is 2. The summed E-state index contributed by atoms with van der Waals surface area (Å²) in [5.74, 6) is 0. The van der Waals surface area contributed by atoms with E-state index in [2.05, 4.69) is 112 Å². The maximum Gasteiger partial charge on any atom is 0.333 e. The topological polar surface area (TPSA) is 9.86 Å². The lowest BCUT2D eigenvalue weighted by atomic mass is 9.45. The van der Waals surface area contributed by atoms with Crippen LogP contribution in [0.4, 0.5) is 0 Å². The zero-order valence-electron chi connectivity index (χ0n) is 22.6. The van der Waals surface area contributed by atoms with E-state index in [-0.39, 0.29) is 6.85 Å². The molecule has 0 saturated carbocycles. The highest BCUT2D eigenvalue weighted by Crippen LogP contribution is 2.46. The van der Waals surface area contributed by atoms with Gasteiger partial charge < -0.3 is 9.05 Å². The van der Waals surface area contributed by atoms with Crippen LogP contribution < -0.4 is 10.9 Å². The number of nitrogens with zero attached hydrogens (tertiary/aromatic N) is 2. The molecule has 2 aromatic heterocycles. The first-order valence-corrected chi connectivity index (χ1v) is 15.0. The van der Waals surface area contributed by atoms with Gasteiger partial charge in [0.15, 0.2) is 0 Å². The fraction of sp³-hybridized carbons (Fsp3) is 0.105. The Bertz CT molecular complexity index is 2490. The summed E-state index contributed by atoms with van der Waals surface area (Å²) in [7, 11) is 0. The van der Waals surface area contributed by atoms with Crippen LogP contribution in [0, 0.1) is 0 Å². The Morgan fingerprint density at radius 2 is 1.37 bits per heavy atom. The van der Waals surface area contributed by atoms with E-state index in [0.717, 1.165) is 0 Å². The van der Waals surface area contributed by atoms with Gasteiger partial charge in [0.05, 0.1) is 11.0 Å². The van der Waals surface area contributed by atoms with Gasteiger partial charge in [0.25, 0.3) is 0 Å². The Kier molecular flexibility index (Phi) is 3.65. The van der Waals surface area contributed by atoms with Crippen molar-refractivity contribution < 1.29 is 0 Å². The highest BCUT2D eigenvalue weighted by molar-refractivity contribution is 6.90. The first-order chi connectivity index (χ1) is 20.4. The Morgan fingerprint density at radius 1 is 0.610 bits per heavy atom. The second-order valence-corrected chi connectivity index (χ2v) is 12.3. The maximum absolute atomic E-state index is 2.70. The van der Waals surface area contributed by atoms with Crippen molar-refractivity contribution in [3.8, 4) is 16.8 Å². The van der Waals surface area contributed by atoms with Crippen LogP contribution in [0.3, 0.4) is 0 Å². The summed E-state index contributed by atoms with van der Waals surface area (Å²) in [5.41, 5.74) is 15.8. The van der Waals surface area contributed by atoms with E-state index >= 15 is 0 Å². The van der Waals surface area contributed by atoms with Crippen molar-refractivity contribution in [2.24, 2.45) is 0 Å². The fourth-order valence-corrected chi connectivity index (χ4v) is 8.95. The first-order valence-electron chi connectivity index (χ1n) is 15.0. The SMILES string of the molecule is c1ccc2c(c1)cc1c3c2c2ccccc2n3-c2cc3c(c4c2B1n1c2ccccc2c2cccc-4c21)CCCC3. The quantitative estimate of drug-likeness (QED) is 0.180. The summed E-state index contributed by atoms with van der Waals surface area (Å²) in [6, 6.07) is 39.3. The van der Waals surface area contributed by atoms with E-state index in [4.69, 9.17) is 0 Å². The summed E-state index contributed by atoms with van der Waals surface area (Å²) in [4.78, 5) is 0. The zero-order chi connectivity index (χ0) is 26.4. The molecule has 8 aromatic rings. The number of benzene rings is 6. The van der Waals surface area contributed by atoms with Crippen LogP contribution in [0.25, 0.3) is 71.2 Å². The van der Waals surface area contributed by atoms with Gasteiger partial charge in [-0.15, -0.1) is 0 Å². The Hall–Kier alpha value is -4.76. The van der Waals surface area contributed by atoms with E-state index in [1.54, 1.807) is 11.1 Å². The fourth-order valence-electron chi connectivity index (χ4n) is 8.95. The van der Waals surface area contributed by atoms with E-state index < -0.39 is 0 Å². The van der Waals surface area contributed by atoms with Crippen LogP contribution in [0.2, 0.25) is 0 Å². The summed E-state index contributed by atoms with van der Waals surface area (Å²) in [5, 5.41) is 8.16. The van der Waals surface area contributed by atoms with Crippen LogP contribution in [0.1, 0.15) is 24.0 Å². The van der Waals surface area contributed by atoms with Gasteiger partial charge in [0.1, 0.15) is 0 Å². The van der Waals surface area contributed by atoms with Crippen LogP contribution in [0.5, 0.6) is 0 Å². The van der Waals surface area contributed by atoms with Crippen LogP contribution in [0.15, 0.2) is 103 Å². The summed E-state index contributed by atoms with van der Waals surface area (Å²) < 4.78 is 5.33. The number of hydrogen-bond donors (Lipinski definition) is 0. The largest absolute Gasteiger partial charge is 0.375 e. The lowest BCUT2D eigenvalue weighted by Gasteiger charge is -2.37. The molecule has 3 heteroatoms. The lowest BCUT2D eigenvalue weighted by molar-refractivity contribution is 0.687. The van der Waals surface area contributed by atoms with Crippen molar-refractivity contribution in [3.63, 3.8) is 0 Å². The average molecular weight is 520 g/mol. The number of aryl methyl sites for hydroxylation is 1. The van der Waals surface area contributed by atoms with Crippen molar-refractivity contribution in [1.82, 2.24) is 9.05 Å². The van der Waals surface area contributed by atoms with Gasteiger partial charge in [0.2, 0.25) is 0 Å². The summed E-state index contributed by atoms with van der Waals surface area (Å²) in [6.07, 6.45) is 4.91. The zero-order valence-corrected chi connectivity index (χ0v) is 22.6. The minimum absolute atomic E-state index is 0.133. The van der Waals surface area contributed by atoms with Gasteiger partial charge in [-0.1, -0.05) is 84.9 Å². The monoisotopic (exact) mass is 520 g/mol. The molecule has 0 radical (unpaired) electrons. The molecule has 0 amide bonds. The minimum Gasteiger partial charge on any atom is -0.375 e. The van der Waals surface area contributed by atoms with Crippen molar-refractivity contribution >= 4 is 72.2 Å². The molecule has 0 fully saturated rings. The molecule has 0 bridgehead atoms. The van der Waals surface area contributed by atoms with E-state index in [1.807, 2.05) is 0 Å². The molecule has 2 aliphatic heterocycles. The highest BCUT2D eigenvalue weighted by atomic mass is 15.0. The molecule has 0 atom stereocenters. The molecule has 1 aliphatic carbocycles. The molecular weight excluding hydrogens is 495 g/mol. The first kappa shape index (κ1) is 21.1. The predicted octanol–water partition coefficient (Wildman–Crippen LogP) is 7.87. The highest BCUT2D eigenvalue weighted by Gasteiger charge is 2.43. The maximum atomic E-state index is 2.70. The van der Waals surface area contributed by atoms with Gasteiger partial charge in [-0.3, -0.25) is 0 Å². The van der Waals surface area contributed by atoms with Crippen LogP contribution >= 0.6 is 0 Å². The van der Waals surface area contributed by atoms with E-state index in [0.29, 0.717) is 0 Å². The standard InChI is InChI=1S/C38H25BN2/c1-4-13-25-22(10-1)20-30-38-35(25)28-15-6-7-18-31(28)40(38)33-21-23-11-2-3-12-24(23)34-29-17-9-16-27-26-14-5-8-19-32(26)41(37(27)29)39(30)36(33)34/h1,4-10,13-21H,2-3,11-12H2. The molecule has 0 N–H and O–H groups in total. The minimum atomic E-state index is 0.133. The average Bonchev–Trinajstić information content (AvgIpc) is 3.56. The number of fused-ring (bicyclic) bond motifs is 14. The Morgan fingerprint density at radius 3 is 2.29 bits per heavy atom. The van der Waals surface area contributed by atoms with Crippen LogP contribution in [-0.2, 0) is 12.8 Å². The van der Waals surface area contributed by atoms with Crippen molar-refractivity contribution in [1.29, 1.82) is 0 Å².